The highest BCUT2D eigenvalue weighted by molar-refractivity contribution is 6.28. The van der Waals surface area contributed by atoms with Crippen LogP contribution in [0.1, 0.15) is 20.8 Å². The molecule has 0 bridgehead atoms. The van der Waals surface area contributed by atoms with Crippen LogP contribution in [0, 0.1) is 0 Å². The lowest BCUT2D eigenvalue weighted by atomic mass is 10.3. The van der Waals surface area contributed by atoms with Crippen LogP contribution >= 0.6 is 11.6 Å². The molecule has 19 heavy (non-hydrogen) atoms. The van der Waals surface area contributed by atoms with E-state index in [0.29, 0.717) is 17.9 Å². The highest BCUT2D eigenvalue weighted by atomic mass is 35.5. The largest absolute Gasteiger partial charge is 0.354 e. The number of anilines is 2. The summed E-state index contributed by atoms with van der Waals surface area (Å²) in [5.41, 5.74) is 0. The number of rotatable bonds is 7. The number of aromatic nitrogens is 3. The molecule has 7 heteroatoms. The lowest BCUT2D eigenvalue weighted by molar-refractivity contribution is 0.371. The maximum atomic E-state index is 5.96. The summed E-state index contributed by atoms with van der Waals surface area (Å²) in [6, 6.07) is 0.299. The third kappa shape index (κ3) is 4.80. The molecular formula is C12H23ClN6. The van der Waals surface area contributed by atoms with Crippen molar-refractivity contribution in [3.63, 3.8) is 0 Å². The Morgan fingerprint density at radius 2 is 1.89 bits per heavy atom. The van der Waals surface area contributed by atoms with Crippen molar-refractivity contribution in [2.45, 2.75) is 26.8 Å². The molecule has 0 aliphatic rings. The zero-order chi connectivity index (χ0) is 14.4. The second-order valence-electron chi connectivity index (χ2n) is 4.66. The second-order valence-corrected chi connectivity index (χ2v) is 4.99. The van der Waals surface area contributed by atoms with Crippen molar-refractivity contribution in [3.05, 3.63) is 5.28 Å². The molecule has 1 rings (SSSR count). The molecule has 1 atom stereocenters. The molecule has 1 aromatic heterocycles. The van der Waals surface area contributed by atoms with Gasteiger partial charge >= 0.3 is 0 Å². The molecule has 0 aromatic carbocycles. The highest BCUT2D eigenvalue weighted by Crippen LogP contribution is 2.16. The van der Waals surface area contributed by atoms with Crippen LogP contribution in [0.15, 0.2) is 0 Å². The van der Waals surface area contributed by atoms with E-state index in [0.717, 1.165) is 19.6 Å². The topological polar surface area (TPSA) is 57.2 Å². The zero-order valence-electron chi connectivity index (χ0n) is 12.3. The number of likely N-dealkylation sites (N-methyl/N-ethyl adjacent to an activating group) is 2. The Kier molecular flexibility index (Phi) is 6.24. The molecule has 6 nitrogen and oxygen atoms in total. The highest BCUT2D eigenvalue weighted by Gasteiger charge is 2.17. The fourth-order valence-electron chi connectivity index (χ4n) is 1.98. The average molecular weight is 287 g/mol. The first kappa shape index (κ1) is 15.9. The van der Waals surface area contributed by atoms with E-state index in [9.17, 15) is 0 Å². The summed E-state index contributed by atoms with van der Waals surface area (Å²) in [6.07, 6.45) is 0. The molecular weight excluding hydrogens is 264 g/mol. The Bertz CT molecular complexity index is 398. The lowest BCUT2D eigenvalue weighted by Gasteiger charge is -2.30. The minimum absolute atomic E-state index is 0.219. The second kappa shape index (κ2) is 7.45. The summed E-state index contributed by atoms with van der Waals surface area (Å²) >= 11 is 5.96. The molecule has 108 valence electrons. The average Bonchev–Trinajstić information content (AvgIpc) is 2.28. The Morgan fingerprint density at radius 3 is 2.42 bits per heavy atom. The van der Waals surface area contributed by atoms with Gasteiger partial charge in [0.25, 0.3) is 0 Å². The fourth-order valence-corrected chi connectivity index (χ4v) is 2.14. The van der Waals surface area contributed by atoms with E-state index in [2.05, 4.69) is 58.0 Å². The molecule has 0 saturated carbocycles. The van der Waals surface area contributed by atoms with Gasteiger partial charge in [-0.1, -0.05) is 0 Å². The molecule has 0 spiro atoms. The van der Waals surface area contributed by atoms with Crippen molar-refractivity contribution in [3.8, 4) is 0 Å². The third-order valence-corrected chi connectivity index (χ3v) is 2.86. The Hall–Kier alpha value is -1.14. The van der Waals surface area contributed by atoms with Crippen LogP contribution in [-0.4, -0.2) is 59.6 Å². The van der Waals surface area contributed by atoms with Crippen LogP contribution in [0.2, 0.25) is 5.28 Å². The Balaban J connectivity index is 2.96. The normalized spacial score (nSPS) is 12.6. The van der Waals surface area contributed by atoms with Crippen molar-refractivity contribution in [2.75, 3.05) is 43.9 Å². The van der Waals surface area contributed by atoms with E-state index in [1.165, 1.54) is 0 Å². The lowest BCUT2D eigenvalue weighted by Crippen LogP contribution is -2.41. The van der Waals surface area contributed by atoms with Gasteiger partial charge in [-0.25, -0.2) is 0 Å². The summed E-state index contributed by atoms with van der Waals surface area (Å²) in [5.74, 6) is 1.14. The van der Waals surface area contributed by atoms with Crippen molar-refractivity contribution < 1.29 is 0 Å². The maximum Gasteiger partial charge on any atom is 0.231 e. The van der Waals surface area contributed by atoms with Gasteiger partial charge in [0, 0.05) is 25.7 Å². The van der Waals surface area contributed by atoms with Crippen molar-refractivity contribution in [2.24, 2.45) is 0 Å². The number of hydrogen-bond acceptors (Lipinski definition) is 6. The predicted octanol–water partition coefficient (Wildman–Crippen LogP) is 1.73. The monoisotopic (exact) mass is 286 g/mol. The minimum atomic E-state index is 0.219. The zero-order valence-corrected chi connectivity index (χ0v) is 13.1. The van der Waals surface area contributed by atoms with Crippen LogP contribution in [0.5, 0.6) is 0 Å². The quantitative estimate of drug-likeness (QED) is 0.824. The number of nitrogens with one attached hydrogen (secondary N) is 1. The Morgan fingerprint density at radius 1 is 1.21 bits per heavy atom. The molecule has 0 fully saturated rings. The van der Waals surface area contributed by atoms with Crippen LogP contribution in [0.4, 0.5) is 11.9 Å². The molecule has 0 saturated heterocycles. The summed E-state index contributed by atoms with van der Waals surface area (Å²) < 4.78 is 0. The first-order chi connectivity index (χ1) is 8.97. The van der Waals surface area contributed by atoms with Gasteiger partial charge < -0.3 is 15.1 Å². The standard InChI is InChI=1S/C12H23ClN6/c1-6-14-11-15-10(13)16-12(17-11)19(7-2)9(3)8-18(4)5/h9H,6-8H2,1-5H3,(H,14,15,16,17). The van der Waals surface area contributed by atoms with Crippen LogP contribution in [0.25, 0.3) is 0 Å². The summed E-state index contributed by atoms with van der Waals surface area (Å²) in [5, 5.41) is 3.28. The first-order valence-electron chi connectivity index (χ1n) is 6.54. The van der Waals surface area contributed by atoms with Crippen LogP contribution in [0.3, 0.4) is 0 Å². The number of nitrogens with zero attached hydrogens (tertiary/aromatic N) is 5. The minimum Gasteiger partial charge on any atom is -0.354 e. The van der Waals surface area contributed by atoms with Gasteiger partial charge in [-0.15, -0.1) is 0 Å². The number of halogens is 1. The molecule has 1 N–H and O–H groups in total. The fraction of sp³-hybridized carbons (Fsp3) is 0.750. The molecule has 0 aliphatic heterocycles. The maximum absolute atomic E-state index is 5.96. The summed E-state index contributed by atoms with van der Waals surface area (Å²) in [6.45, 7) is 8.71. The molecule has 0 amide bonds. The van der Waals surface area contributed by atoms with Gasteiger partial charge in [0.1, 0.15) is 0 Å². The number of hydrogen-bond donors (Lipinski definition) is 1. The van der Waals surface area contributed by atoms with Gasteiger partial charge in [0.2, 0.25) is 17.2 Å². The van der Waals surface area contributed by atoms with Gasteiger partial charge in [0.15, 0.2) is 0 Å². The van der Waals surface area contributed by atoms with E-state index in [1.54, 1.807) is 0 Å². The van der Waals surface area contributed by atoms with Crippen LogP contribution in [-0.2, 0) is 0 Å². The van der Waals surface area contributed by atoms with Gasteiger partial charge in [-0.05, 0) is 46.5 Å². The first-order valence-corrected chi connectivity index (χ1v) is 6.92. The van der Waals surface area contributed by atoms with E-state index in [1.807, 2.05) is 6.92 Å². The smallest absolute Gasteiger partial charge is 0.231 e. The van der Waals surface area contributed by atoms with Crippen molar-refractivity contribution in [1.29, 1.82) is 0 Å². The van der Waals surface area contributed by atoms with Gasteiger partial charge in [-0.3, -0.25) is 0 Å². The van der Waals surface area contributed by atoms with E-state index in [-0.39, 0.29) is 5.28 Å². The van der Waals surface area contributed by atoms with Gasteiger partial charge in [-0.2, -0.15) is 15.0 Å². The molecule has 1 unspecified atom stereocenters. The van der Waals surface area contributed by atoms with E-state index < -0.39 is 0 Å². The summed E-state index contributed by atoms with van der Waals surface area (Å²) in [4.78, 5) is 17.0. The molecule has 0 radical (unpaired) electrons. The Labute approximate surface area is 120 Å². The van der Waals surface area contributed by atoms with Gasteiger partial charge in [0.05, 0.1) is 0 Å². The molecule has 1 aromatic rings. The predicted molar refractivity (Wildman–Crippen MR) is 80.0 cm³/mol. The summed E-state index contributed by atoms with van der Waals surface area (Å²) in [7, 11) is 4.10. The van der Waals surface area contributed by atoms with E-state index in [4.69, 9.17) is 11.6 Å². The van der Waals surface area contributed by atoms with Crippen LogP contribution < -0.4 is 10.2 Å². The van der Waals surface area contributed by atoms with Crippen molar-refractivity contribution in [1.82, 2.24) is 19.9 Å². The van der Waals surface area contributed by atoms with Crippen molar-refractivity contribution >= 4 is 23.5 Å². The van der Waals surface area contributed by atoms with E-state index >= 15 is 0 Å². The molecule has 0 aliphatic carbocycles. The third-order valence-electron chi connectivity index (χ3n) is 2.69. The molecule has 1 heterocycles. The SMILES string of the molecule is CCNc1nc(Cl)nc(N(CC)C(C)CN(C)C)n1.